The summed E-state index contributed by atoms with van der Waals surface area (Å²) in [6, 6.07) is 14.2. The second kappa shape index (κ2) is 8.75. The number of rotatable bonds is 5. The van der Waals surface area contributed by atoms with Gasteiger partial charge in [0, 0.05) is 24.4 Å². The third-order valence-corrected chi connectivity index (χ3v) is 5.26. The number of ether oxygens (including phenoxy) is 1. The number of pyridine rings is 1. The summed E-state index contributed by atoms with van der Waals surface area (Å²) in [6.07, 6.45) is 0.345. The Bertz CT molecular complexity index is 1030. The molecule has 1 fully saturated rings. The molecule has 0 saturated carbocycles. The Morgan fingerprint density at radius 1 is 1.20 bits per heavy atom. The van der Waals surface area contributed by atoms with Gasteiger partial charge in [-0.3, -0.25) is 14.5 Å². The Hall–Kier alpha value is -3.06. The first-order valence-electron chi connectivity index (χ1n) is 10.1. The van der Waals surface area contributed by atoms with Gasteiger partial charge in [-0.05, 0) is 49.7 Å². The Morgan fingerprint density at radius 2 is 2.00 bits per heavy atom. The summed E-state index contributed by atoms with van der Waals surface area (Å²) < 4.78 is 20.8. The Kier molecular flexibility index (Phi) is 5.90. The summed E-state index contributed by atoms with van der Waals surface area (Å²) in [5, 5.41) is 4.38. The maximum absolute atomic E-state index is 13.1. The number of aryl methyl sites for hydroxylation is 2. The minimum atomic E-state index is -0.267. The van der Waals surface area contributed by atoms with Crippen LogP contribution >= 0.6 is 0 Å². The topological polar surface area (TPSA) is 60.2 Å². The first kappa shape index (κ1) is 20.2. The molecule has 4 rings (SSSR count). The van der Waals surface area contributed by atoms with E-state index in [1.54, 1.807) is 16.8 Å². The molecule has 0 spiro atoms. The summed E-state index contributed by atoms with van der Waals surface area (Å²) in [4.78, 5) is 19.4. The molecular weight excluding hydrogens is 383 g/mol. The van der Waals surface area contributed by atoms with Gasteiger partial charge in [0.1, 0.15) is 18.5 Å². The minimum Gasteiger partial charge on any atom is -0.368 e. The molecule has 1 atom stereocenters. The quantitative estimate of drug-likeness (QED) is 0.650. The van der Waals surface area contributed by atoms with Gasteiger partial charge in [0.05, 0.1) is 24.5 Å². The number of hydrogen-bond donors (Lipinski definition) is 0. The smallest absolute Gasteiger partial charge is 0.244 e. The van der Waals surface area contributed by atoms with E-state index in [2.05, 4.69) is 5.10 Å². The van der Waals surface area contributed by atoms with E-state index in [1.165, 1.54) is 12.1 Å². The number of morpholine rings is 1. The van der Waals surface area contributed by atoms with Gasteiger partial charge in [-0.15, -0.1) is 0 Å². The van der Waals surface area contributed by atoms with Gasteiger partial charge >= 0.3 is 0 Å². The number of nitrogens with zero attached hydrogens (tertiary/aromatic N) is 4. The lowest BCUT2D eigenvalue weighted by Gasteiger charge is -2.33. The molecule has 0 aliphatic carbocycles. The number of carbonyl (C=O) groups is 1. The van der Waals surface area contributed by atoms with Crippen LogP contribution in [0.15, 0.2) is 48.5 Å². The molecule has 0 N–H and O–H groups in total. The predicted molar refractivity (Wildman–Crippen MR) is 110 cm³/mol. The molecule has 1 aromatic carbocycles. The molecule has 156 valence electrons. The van der Waals surface area contributed by atoms with Crippen molar-refractivity contribution in [2.75, 3.05) is 19.7 Å². The van der Waals surface area contributed by atoms with Gasteiger partial charge in [-0.25, -0.2) is 4.39 Å². The molecule has 0 bridgehead atoms. The van der Waals surface area contributed by atoms with Crippen LogP contribution in [0, 0.1) is 19.7 Å². The molecule has 1 aliphatic heterocycles. The van der Waals surface area contributed by atoms with E-state index in [4.69, 9.17) is 9.72 Å². The van der Waals surface area contributed by atoms with Crippen LogP contribution in [0.3, 0.4) is 0 Å². The zero-order valence-corrected chi connectivity index (χ0v) is 17.2. The summed E-state index contributed by atoms with van der Waals surface area (Å²) in [6.45, 7) is 5.59. The summed E-state index contributed by atoms with van der Waals surface area (Å²) in [7, 11) is 0. The van der Waals surface area contributed by atoms with Crippen molar-refractivity contribution < 1.29 is 13.9 Å². The molecule has 1 unspecified atom stereocenters. The van der Waals surface area contributed by atoms with Crippen LogP contribution in [0.2, 0.25) is 0 Å². The lowest BCUT2D eigenvalue weighted by Crippen LogP contribution is -2.44. The van der Waals surface area contributed by atoms with Crippen molar-refractivity contribution in [3.05, 3.63) is 82.7 Å². The number of amides is 1. The van der Waals surface area contributed by atoms with Gasteiger partial charge in [0.15, 0.2) is 0 Å². The normalized spacial score (nSPS) is 16.6. The van der Waals surface area contributed by atoms with Crippen molar-refractivity contribution in [1.82, 2.24) is 19.7 Å². The average Bonchev–Trinajstić information content (AvgIpc) is 3.06. The Balaban J connectivity index is 1.43. The monoisotopic (exact) mass is 408 g/mol. The lowest BCUT2D eigenvalue weighted by atomic mass is 10.1. The molecule has 7 heteroatoms. The second-order valence-corrected chi connectivity index (χ2v) is 7.64. The zero-order chi connectivity index (χ0) is 21.1. The second-order valence-electron chi connectivity index (χ2n) is 7.64. The van der Waals surface area contributed by atoms with E-state index in [0.29, 0.717) is 26.1 Å². The molecule has 3 aromatic rings. The fraction of sp³-hybridized carbons (Fsp3) is 0.348. The first-order valence-corrected chi connectivity index (χ1v) is 10.1. The van der Waals surface area contributed by atoms with Crippen molar-refractivity contribution in [2.45, 2.75) is 32.9 Å². The molecule has 2 aromatic heterocycles. The van der Waals surface area contributed by atoms with Crippen molar-refractivity contribution >= 4 is 5.91 Å². The SMILES string of the molecule is Cc1cc(C)n(CC(=O)N2CCOC(c3cccc(Cc4ccc(F)cc4)n3)C2)n1. The van der Waals surface area contributed by atoms with Gasteiger partial charge in [0.2, 0.25) is 5.91 Å². The third kappa shape index (κ3) is 4.74. The first-order chi connectivity index (χ1) is 14.5. The lowest BCUT2D eigenvalue weighted by molar-refractivity contribution is -0.140. The van der Waals surface area contributed by atoms with Crippen LogP contribution < -0.4 is 0 Å². The number of carbonyl (C=O) groups excluding carboxylic acids is 1. The fourth-order valence-corrected chi connectivity index (χ4v) is 3.71. The van der Waals surface area contributed by atoms with Gasteiger partial charge in [-0.1, -0.05) is 18.2 Å². The minimum absolute atomic E-state index is 0.0250. The maximum Gasteiger partial charge on any atom is 0.244 e. The van der Waals surface area contributed by atoms with E-state index in [1.807, 2.05) is 43.0 Å². The third-order valence-electron chi connectivity index (χ3n) is 5.26. The summed E-state index contributed by atoms with van der Waals surface area (Å²) in [5.41, 5.74) is 4.56. The number of halogens is 1. The van der Waals surface area contributed by atoms with E-state index < -0.39 is 0 Å². The zero-order valence-electron chi connectivity index (χ0n) is 17.2. The van der Waals surface area contributed by atoms with E-state index >= 15 is 0 Å². The van der Waals surface area contributed by atoms with Crippen LogP contribution in [0.1, 0.15) is 34.4 Å². The highest BCUT2D eigenvalue weighted by Gasteiger charge is 2.27. The largest absolute Gasteiger partial charge is 0.368 e. The molecule has 0 radical (unpaired) electrons. The highest BCUT2D eigenvalue weighted by Crippen LogP contribution is 2.22. The van der Waals surface area contributed by atoms with Crippen LogP contribution in [0.25, 0.3) is 0 Å². The number of hydrogen-bond acceptors (Lipinski definition) is 4. The van der Waals surface area contributed by atoms with E-state index in [9.17, 15) is 9.18 Å². The molecule has 6 nitrogen and oxygen atoms in total. The predicted octanol–water partition coefficient (Wildman–Crippen LogP) is 3.22. The molecule has 3 heterocycles. The summed E-state index contributed by atoms with van der Waals surface area (Å²) >= 11 is 0. The number of aromatic nitrogens is 3. The molecular formula is C23H25FN4O2. The molecule has 1 amide bonds. The van der Waals surface area contributed by atoms with Crippen molar-refractivity contribution in [1.29, 1.82) is 0 Å². The maximum atomic E-state index is 13.1. The van der Waals surface area contributed by atoms with Gasteiger partial charge < -0.3 is 9.64 Å². The van der Waals surface area contributed by atoms with E-state index in [0.717, 1.165) is 28.3 Å². The molecule has 1 aliphatic rings. The average molecular weight is 408 g/mol. The van der Waals surface area contributed by atoms with Crippen LogP contribution in [0.5, 0.6) is 0 Å². The fourth-order valence-electron chi connectivity index (χ4n) is 3.71. The van der Waals surface area contributed by atoms with Crippen LogP contribution in [-0.2, 0) is 22.5 Å². The Labute approximate surface area is 175 Å². The van der Waals surface area contributed by atoms with Crippen LogP contribution in [-0.4, -0.2) is 45.3 Å². The van der Waals surface area contributed by atoms with Crippen molar-refractivity contribution in [3.8, 4) is 0 Å². The highest BCUT2D eigenvalue weighted by atomic mass is 19.1. The van der Waals surface area contributed by atoms with Gasteiger partial charge in [-0.2, -0.15) is 5.10 Å². The summed E-state index contributed by atoms with van der Waals surface area (Å²) in [5.74, 6) is -0.224. The standard InChI is InChI=1S/C23H25FN4O2/c1-16-12-17(2)28(26-16)15-23(29)27-10-11-30-22(14-27)21-5-3-4-20(25-21)13-18-6-8-19(24)9-7-18/h3-9,12,22H,10-11,13-15H2,1-2H3. The number of benzene rings is 1. The van der Waals surface area contributed by atoms with E-state index in [-0.39, 0.29) is 24.4 Å². The van der Waals surface area contributed by atoms with Crippen molar-refractivity contribution in [2.24, 2.45) is 0 Å². The molecule has 30 heavy (non-hydrogen) atoms. The molecule has 1 saturated heterocycles. The van der Waals surface area contributed by atoms with Crippen molar-refractivity contribution in [3.63, 3.8) is 0 Å². The van der Waals surface area contributed by atoms with Crippen LogP contribution in [0.4, 0.5) is 4.39 Å². The highest BCUT2D eigenvalue weighted by molar-refractivity contribution is 5.76. The van der Waals surface area contributed by atoms with Gasteiger partial charge in [0.25, 0.3) is 0 Å². The Morgan fingerprint density at radius 3 is 2.73 bits per heavy atom.